The largest absolute Gasteiger partial charge is 0.380 e. The molecule has 7 heteroatoms. The smallest absolute Gasteiger partial charge is 0.161 e. The molecule has 0 saturated heterocycles. The van der Waals surface area contributed by atoms with Gasteiger partial charge in [0.2, 0.25) is 0 Å². The van der Waals surface area contributed by atoms with Gasteiger partial charge >= 0.3 is 0 Å². The summed E-state index contributed by atoms with van der Waals surface area (Å²) in [6, 6.07) is 12.4. The van der Waals surface area contributed by atoms with Gasteiger partial charge in [-0.3, -0.25) is 9.36 Å². The zero-order valence-corrected chi connectivity index (χ0v) is 17.8. The van der Waals surface area contributed by atoms with Gasteiger partial charge < -0.3 is 10.6 Å². The number of aryl methyl sites for hydroxylation is 3. The molecule has 150 valence electrons. The first-order chi connectivity index (χ1) is 13.7. The maximum absolute atomic E-state index is 4.77. The van der Waals surface area contributed by atoms with Crippen LogP contribution in [0.1, 0.15) is 26.3 Å². The lowest BCUT2D eigenvalue weighted by Gasteiger charge is -2.23. The summed E-state index contributed by atoms with van der Waals surface area (Å²) in [6.45, 7) is 8.50. The van der Waals surface area contributed by atoms with Crippen LogP contribution in [0.4, 0.5) is 17.3 Å². The van der Waals surface area contributed by atoms with Crippen LogP contribution in [-0.2, 0) is 14.1 Å². The Kier molecular flexibility index (Phi) is 4.53. The fourth-order valence-electron chi connectivity index (χ4n) is 3.35. The molecule has 0 bridgehead atoms. The molecular weight excluding hydrogens is 362 g/mol. The van der Waals surface area contributed by atoms with Gasteiger partial charge in [-0.2, -0.15) is 10.2 Å². The first-order valence-corrected chi connectivity index (χ1v) is 9.69. The number of aromatic nitrogens is 5. The number of nitrogens with one attached hydrogen (secondary N) is 2. The molecule has 0 amide bonds. The maximum Gasteiger partial charge on any atom is 0.161 e. The number of benzene rings is 1. The van der Waals surface area contributed by atoms with Crippen LogP contribution in [0.25, 0.3) is 22.3 Å². The molecule has 0 radical (unpaired) electrons. The van der Waals surface area contributed by atoms with Crippen molar-refractivity contribution in [3.63, 3.8) is 0 Å². The van der Waals surface area contributed by atoms with E-state index in [0.29, 0.717) is 0 Å². The third-order valence-corrected chi connectivity index (χ3v) is 4.66. The lowest BCUT2D eigenvalue weighted by atomic mass is 10.1. The normalized spacial score (nSPS) is 11.8. The van der Waals surface area contributed by atoms with Gasteiger partial charge in [-0.1, -0.05) is 23.8 Å². The summed E-state index contributed by atoms with van der Waals surface area (Å²) in [5, 5.41) is 17.0. The standard InChI is InChI=1S/C22H27N7/c1-14-8-7-9-15(10-14)17-12-20(28(5)27-17)24-19-11-18(26-22(2,3)4)16-13-23-29(6)21(16)25-19/h7-13H,1-6H3,(H2,24,25,26). The average molecular weight is 390 g/mol. The van der Waals surface area contributed by atoms with Crippen molar-refractivity contribution >= 4 is 28.4 Å². The number of pyridine rings is 1. The number of hydrogen-bond donors (Lipinski definition) is 2. The Hall–Kier alpha value is -3.35. The second-order valence-corrected chi connectivity index (χ2v) is 8.47. The summed E-state index contributed by atoms with van der Waals surface area (Å²) in [6.07, 6.45) is 1.85. The highest BCUT2D eigenvalue weighted by atomic mass is 15.3. The molecule has 7 nitrogen and oxygen atoms in total. The van der Waals surface area contributed by atoms with Gasteiger partial charge in [-0.25, -0.2) is 4.98 Å². The van der Waals surface area contributed by atoms with Crippen molar-refractivity contribution in [3.05, 3.63) is 48.2 Å². The molecule has 0 fully saturated rings. The Morgan fingerprint density at radius 2 is 1.79 bits per heavy atom. The molecule has 0 aliphatic rings. The van der Waals surface area contributed by atoms with Gasteiger partial charge in [-0.05, 0) is 33.8 Å². The Morgan fingerprint density at radius 3 is 2.52 bits per heavy atom. The van der Waals surface area contributed by atoms with Crippen LogP contribution in [0.15, 0.2) is 42.6 Å². The third-order valence-electron chi connectivity index (χ3n) is 4.66. The van der Waals surface area contributed by atoms with E-state index >= 15 is 0 Å². The van der Waals surface area contributed by atoms with E-state index in [2.05, 4.69) is 72.8 Å². The molecule has 3 heterocycles. The minimum Gasteiger partial charge on any atom is -0.380 e. The molecule has 2 N–H and O–H groups in total. The van der Waals surface area contributed by atoms with Crippen molar-refractivity contribution in [3.8, 4) is 11.3 Å². The maximum atomic E-state index is 4.77. The van der Waals surface area contributed by atoms with Gasteiger partial charge in [0, 0.05) is 37.3 Å². The highest BCUT2D eigenvalue weighted by Gasteiger charge is 2.16. The van der Waals surface area contributed by atoms with Crippen molar-refractivity contribution in [2.75, 3.05) is 10.6 Å². The predicted molar refractivity (Wildman–Crippen MR) is 119 cm³/mol. The van der Waals surface area contributed by atoms with E-state index in [-0.39, 0.29) is 5.54 Å². The van der Waals surface area contributed by atoms with Crippen molar-refractivity contribution in [2.24, 2.45) is 14.1 Å². The molecule has 0 unspecified atom stereocenters. The second-order valence-electron chi connectivity index (χ2n) is 8.47. The molecule has 0 aliphatic carbocycles. The van der Waals surface area contributed by atoms with E-state index in [1.807, 2.05) is 37.1 Å². The lowest BCUT2D eigenvalue weighted by Crippen LogP contribution is -2.26. The molecule has 29 heavy (non-hydrogen) atoms. The molecule has 1 aromatic carbocycles. The van der Waals surface area contributed by atoms with E-state index in [1.54, 1.807) is 4.68 Å². The van der Waals surface area contributed by atoms with Crippen molar-refractivity contribution in [1.29, 1.82) is 0 Å². The minimum atomic E-state index is -0.0771. The molecule has 4 rings (SSSR count). The number of fused-ring (bicyclic) bond motifs is 1. The van der Waals surface area contributed by atoms with E-state index in [4.69, 9.17) is 4.98 Å². The Labute approximate surface area is 170 Å². The summed E-state index contributed by atoms with van der Waals surface area (Å²) in [5.74, 6) is 1.61. The molecule has 3 aromatic heterocycles. The number of rotatable bonds is 4. The summed E-state index contributed by atoms with van der Waals surface area (Å²) in [4.78, 5) is 4.77. The summed E-state index contributed by atoms with van der Waals surface area (Å²) in [7, 11) is 3.83. The van der Waals surface area contributed by atoms with Gasteiger partial charge in [-0.15, -0.1) is 0 Å². The van der Waals surface area contributed by atoms with Crippen molar-refractivity contribution in [1.82, 2.24) is 24.5 Å². The van der Waals surface area contributed by atoms with Crippen LogP contribution in [0.5, 0.6) is 0 Å². The van der Waals surface area contributed by atoms with Crippen molar-refractivity contribution in [2.45, 2.75) is 33.2 Å². The Morgan fingerprint density at radius 1 is 1.00 bits per heavy atom. The highest BCUT2D eigenvalue weighted by Crippen LogP contribution is 2.30. The highest BCUT2D eigenvalue weighted by molar-refractivity contribution is 5.91. The number of hydrogen-bond acceptors (Lipinski definition) is 5. The SMILES string of the molecule is Cc1cccc(-c2cc(Nc3cc(NC(C)(C)C)c4cnn(C)c4n3)n(C)n2)c1. The van der Waals surface area contributed by atoms with E-state index in [0.717, 1.165) is 39.6 Å². The van der Waals surface area contributed by atoms with E-state index < -0.39 is 0 Å². The quantitative estimate of drug-likeness (QED) is 0.532. The molecule has 0 atom stereocenters. The van der Waals surface area contributed by atoms with Gasteiger partial charge in [0.05, 0.1) is 23.0 Å². The zero-order valence-electron chi connectivity index (χ0n) is 17.8. The zero-order chi connectivity index (χ0) is 20.8. The third kappa shape index (κ3) is 3.94. The molecular formula is C22H27N7. The molecule has 0 spiro atoms. The van der Waals surface area contributed by atoms with E-state index in [1.165, 1.54) is 5.56 Å². The average Bonchev–Trinajstić information content (AvgIpc) is 3.18. The fraction of sp³-hybridized carbons (Fsp3) is 0.318. The first kappa shape index (κ1) is 19.0. The Bertz CT molecular complexity index is 1180. The van der Waals surface area contributed by atoms with Crippen LogP contribution in [-0.4, -0.2) is 30.1 Å². The van der Waals surface area contributed by atoms with Crippen LogP contribution in [0.3, 0.4) is 0 Å². The fourth-order valence-corrected chi connectivity index (χ4v) is 3.35. The molecule has 4 aromatic rings. The summed E-state index contributed by atoms with van der Waals surface area (Å²) < 4.78 is 3.62. The first-order valence-electron chi connectivity index (χ1n) is 9.69. The number of anilines is 3. The number of nitrogens with zero attached hydrogens (tertiary/aromatic N) is 5. The van der Waals surface area contributed by atoms with Gasteiger partial charge in [0.15, 0.2) is 5.65 Å². The Balaban J connectivity index is 1.72. The van der Waals surface area contributed by atoms with Crippen molar-refractivity contribution < 1.29 is 0 Å². The topological polar surface area (TPSA) is 72.6 Å². The van der Waals surface area contributed by atoms with Gasteiger partial charge in [0.1, 0.15) is 11.6 Å². The van der Waals surface area contributed by atoms with Crippen LogP contribution < -0.4 is 10.6 Å². The molecule has 0 aliphatic heterocycles. The minimum absolute atomic E-state index is 0.0771. The van der Waals surface area contributed by atoms with Crippen LogP contribution in [0.2, 0.25) is 0 Å². The lowest BCUT2D eigenvalue weighted by molar-refractivity contribution is 0.635. The predicted octanol–water partition coefficient (Wildman–Crippen LogP) is 4.63. The second kappa shape index (κ2) is 6.92. The molecule has 0 saturated carbocycles. The summed E-state index contributed by atoms with van der Waals surface area (Å²) in [5.41, 5.74) is 4.98. The van der Waals surface area contributed by atoms with E-state index in [9.17, 15) is 0 Å². The van der Waals surface area contributed by atoms with Crippen LogP contribution in [0, 0.1) is 6.92 Å². The monoisotopic (exact) mass is 389 g/mol. The summed E-state index contributed by atoms with van der Waals surface area (Å²) >= 11 is 0. The van der Waals surface area contributed by atoms with Gasteiger partial charge in [0.25, 0.3) is 0 Å². The van der Waals surface area contributed by atoms with Crippen LogP contribution >= 0.6 is 0 Å².